The van der Waals surface area contributed by atoms with Gasteiger partial charge in [-0.25, -0.2) is 0 Å². The molecule has 1 fully saturated rings. The Morgan fingerprint density at radius 1 is 1.57 bits per heavy atom. The molecule has 0 unspecified atom stereocenters. The lowest BCUT2D eigenvalue weighted by Gasteiger charge is -2.36. The van der Waals surface area contributed by atoms with Crippen molar-refractivity contribution < 1.29 is 9.15 Å². The Balaban J connectivity index is 1.77. The second-order valence-electron chi connectivity index (χ2n) is 3.93. The SMILES string of the molecule is COC1CC(N[C@@H](C)c2ccco2)C1. The average Bonchev–Trinajstić information content (AvgIpc) is 2.62. The zero-order chi connectivity index (χ0) is 9.97. The number of rotatable bonds is 4. The molecule has 0 spiro atoms. The summed E-state index contributed by atoms with van der Waals surface area (Å²) in [6.45, 7) is 2.12. The minimum atomic E-state index is 0.299. The summed E-state index contributed by atoms with van der Waals surface area (Å²) in [5, 5.41) is 3.51. The third kappa shape index (κ3) is 1.99. The van der Waals surface area contributed by atoms with Crippen molar-refractivity contribution in [1.82, 2.24) is 5.32 Å². The summed E-state index contributed by atoms with van der Waals surface area (Å²) in [4.78, 5) is 0. The number of methoxy groups -OCH3 is 1. The van der Waals surface area contributed by atoms with Gasteiger partial charge in [-0.3, -0.25) is 0 Å². The van der Waals surface area contributed by atoms with Crippen LogP contribution in [-0.4, -0.2) is 19.3 Å². The standard InChI is InChI=1S/C11H17NO2/c1-8(11-4-3-5-14-11)12-9-6-10(7-9)13-2/h3-5,8-10,12H,6-7H2,1-2H3/t8-,9?,10?/m0/s1. The number of hydrogen-bond acceptors (Lipinski definition) is 3. The van der Waals surface area contributed by atoms with E-state index in [-0.39, 0.29) is 0 Å². The molecule has 0 saturated heterocycles. The zero-order valence-electron chi connectivity index (χ0n) is 8.69. The highest BCUT2D eigenvalue weighted by Gasteiger charge is 2.30. The van der Waals surface area contributed by atoms with Crippen molar-refractivity contribution in [2.75, 3.05) is 7.11 Å². The summed E-state index contributed by atoms with van der Waals surface area (Å²) < 4.78 is 10.5. The lowest BCUT2D eigenvalue weighted by atomic mass is 9.88. The predicted molar refractivity (Wildman–Crippen MR) is 54.1 cm³/mol. The van der Waals surface area contributed by atoms with E-state index in [0.29, 0.717) is 18.2 Å². The maximum Gasteiger partial charge on any atom is 0.120 e. The Kier molecular flexibility index (Phi) is 2.89. The van der Waals surface area contributed by atoms with E-state index in [1.54, 1.807) is 13.4 Å². The number of furan rings is 1. The fourth-order valence-electron chi connectivity index (χ4n) is 1.87. The van der Waals surface area contributed by atoms with Gasteiger partial charge in [0.25, 0.3) is 0 Å². The van der Waals surface area contributed by atoms with E-state index >= 15 is 0 Å². The summed E-state index contributed by atoms with van der Waals surface area (Å²) in [5.74, 6) is 1.01. The third-order valence-corrected chi connectivity index (χ3v) is 2.88. The van der Waals surface area contributed by atoms with Gasteiger partial charge in [0.15, 0.2) is 0 Å². The van der Waals surface area contributed by atoms with Crippen LogP contribution in [0.5, 0.6) is 0 Å². The van der Waals surface area contributed by atoms with Gasteiger partial charge >= 0.3 is 0 Å². The minimum Gasteiger partial charge on any atom is -0.468 e. The van der Waals surface area contributed by atoms with Crippen LogP contribution in [0.2, 0.25) is 0 Å². The average molecular weight is 195 g/mol. The highest BCUT2D eigenvalue weighted by atomic mass is 16.5. The van der Waals surface area contributed by atoms with E-state index in [2.05, 4.69) is 12.2 Å². The van der Waals surface area contributed by atoms with Crippen molar-refractivity contribution in [3.8, 4) is 0 Å². The Labute approximate surface area is 84.4 Å². The number of hydrogen-bond donors (Lipinski definition) is 1. The first-order chi connectivity index (χ1) is 6.79. The maximum atomic E-state index is 5.32. The molecule has 0 radical (unpaired) electrons. The van der Waals surface area contributed by atoms with Crippen LogP contribution in [0.3, 0.4) is 0 Å². The molecule has 1 aliphatic carbocycles. The lowest BCUT2D eigenvalue weighted by Crippen LogP contribution is -2.45. The molecule has 14 heavy (non-hydrogen) atoms. The Bertz CT molecular complexity index is 265. The van der Waals surface area contributed by atoms with E-state index in [0.717, 1.165) is 18.6 Å². The Morgan fingerprint density at radius 2 is 2.36 bits per heavy atom. The fraction of sp³-hybridized carbons (Fsp3) is 0.636. The monoisotopic (exact) mass is 195 g/mol. The first-order valence-electron chi connectivity index (χ1n) is 5.12. The van der Waals surface area contributed by atoms with E-state index in [1.165, 1.54) is 0 Å². The van der Waals surface area contributed by atoms with E-state index in [9.17, 15) is 0 Å². The van der Waals surface area contributed by atoms with E-state index in [4.69, 9.17) is 9.15 Å². The minimum absolute atomic E-state index is 0.299. The second kappa shape index (κ2) is 4.15. The van der Waals surface area contributed by atoms with Crippen LogP contribution in [-0.2, 0) is 4.74 Å². The summed E-state index contributed by atoms with van der Waals surface area (Å²) in [6.07, 6.45) is 4.39. The van der Waals surface area contributed by atoms with Crippen LogP contribution in [0.15, 0.2) is 22.8 Å². The van der Waals surface area contributed by atoms with Gasteiger partial charge in [0.2, 0.25) is 0 Å². The Hall–Kier alpha value is -0.800. The van der Waals surface area contributed by atoms with Gasteiger partial charge in [0.05, 0.1) is 18.4 Å². The summed E-state index contributed by atoms with van der Waals surface area (Å²) >= 11 is 0. The molecule has 1 aromatic rings. The van der Waals surface area contributed by atoms with Gasteiger partial charge in [-0.15, -0.1) is 0 Å². The highest BCUT2D eigenvalue weighted by molar-refractivity contribution is 5.04. The molecule has 1 aromatic heterocycles. The smallest absolute Gasteiger partial charge is 0.120 e. The zero-order valence-corrected chi connectivity index (χ0v) is 8.69. The molecule has 1 atom stereocenters. The van der Waals surface area contributed by atoms with Crippen molar-refractivity contribution >= 4 is 0 Å². The fourth-order valence-corrected chi connectivity index (χ4v) is 1.87. The van der Waals surface area contributed by atoms with Crippen molar-refractivity contribution in [3.05, 3.63) is 24.2 Å². The largest absolute Gasteiger partial charge is 0.468 e. The van der Waals surface area contributed by atoms with E-state index < -0.39 is 0 Å². The summed E-state index contributed by atoms with van der Waals surface area (Å²) in [6, 6.07) is 4.81. The van der Waals surface area contributed by atoms with Crippen molar-refractivity contribution in [2.24, 2.45) is 0 Å². The van der Waals surface area contributed by atoms with Crippen LogP contribution in [0, 0.1) is 0 Å². The molecule has 0 amide bonds. The second-order valence-corrected chi connectivity index (χ2v) is 3.93. The molecular formula is C11H17NO2. The predicted octanol–water partition coefficient (Wildman–Crippen LogP) is 2.11. The van der Waals surface area contributed by atoms with Crippen LogP contribution >= 0.6 is 0 Å². The maximum absolute atomic E-state index is 5.32. The quantitative estimate of drug-likeness (QED) is 0.799. The number of ether oxygens (including phenoxy) is 1. The summed E-state index contributed by atoms with van der Waals surface area (Å²) in [7, 11) is 1.77. The highest BCUT2D eigenvalue weighted by Crippen LogP contribution is 2.25. The molecule has 1 aliphatic rings. The topological polar surface area (TPSA) is 34.4 Å². The van der Waals surface area contributed by atoms with Gasteiger partial charge in [0, 0.05) is 13.2 Å². The molecule has 0 bridgehead atoms. The van der Waals surface area contributed by atoms with Crippen LogP contribution in [0.1, 0.15) is 31.6 Å². The van der Waals surface area contributed by atoms with Crippen molar-refractivity contribution in [2.45, 2.75) is 38.0 Å². The molecule has 2 rings (SSSR count). The van der Waals surface area contributed by atoms with Gasteiger partial charge in [0.1, 0.15) is 5.76 Å². The lowest BCUT2D eigenvalue weighted by molar-refractivity contribution is 0.0140. The molecule has 0 aliphatic heterocycles. The van der Waals surface area contributed by atoms with Gasteiger partial charge in [-0.05, 0) is 31.9 Å². The van der Waals surface area contributed by atoms with Gasteiger partial charge in [-0.2, -0.15) is 0 Å². The normalized spacial score (nSPS) is 28.4. The molecule has 1 N–H and O–H groups in total. The molecule has 3 heteroatoms. The molecule has 1 heterocycles. The van der Waals surface area contributed by atoms with Gasteiger partial charge in [-0.1, -0.05) is 0 Å². The van der Waals surface area contributed by atoms with Crippen molar-refractivity contribution in [1.29, 1.82) is 0 Å². The van der Waals surface area contributed by atoms with Crippen LogP contribution in [0.25, 0.3) is 0 Å². The number of nitrogens with one attached hydrogen (secondary N) is 1. The van der Waals surface area contributed by atoms with Crippen LogP contribution in [0.4, 0.5) is 0 Å². The molecule has 0 aromatic carbocycles. The Morgan fingerprint density at radius 3 is 2.93 bits per heavy atom. The van der Waals surface area contributed by atoms with Crippen LogP contribution < -0.4 is 5.32 Å². The molecule has 1 saturated carbocycles. The first-order valence-corrected chi connectivity index (χ1v) is 5.12. The summed E-state index contributed by atoms with van der Waals surface area (Å²) in [5.41, 5.74) is 0. The van der Waals surface area contributed by atoms with E-state index in [1.807, 2.05) is 12.1 Å². The van der Waals surface area contributed by atoms with Crippen molar-refractivity contribution in [3.63, 3.8) is 0 Å². The molecular weight excluding hydrogens is 178 g/mol. The molecule has 78 valence electrons. The third-order valence-electron chi connectivity index (χ3n) is 2.88. The van der Waals surface area contributed by atoms with Gasteiger partial charge < -0.3 is 14.5 Å². The first kappa shape index (κ1) is 9.74. The molecule has 3 nitrogen and oxygen atoms in total.